The molecular weight excluding hydrogens is 192 g/mol. The second-order valence-corrected chi connectivity index (χ2v) is 3.54. The molecule has 0 atom stereocenters. The van der Waals surface area contributed by atoms with Crippen LogP contribution in [-0.2, 0) is 9.59 Å². The first kappa shape index (κ1) is 13.9. The van der Waals surface area contributed by atoms with Crippen LogP contribution < -0.4 is 10.6 Å². The minimum absolute atomic E-state index is 0.0960. The summed E-state index contributed by atoms with van der Waals surface area (Å²) in [6.07, 6.45) is 5.07. The van der Waals surface area contributed by atoms with E-state index in [1.165, 1.54) is 0 Å². The summed E-state index contributed by atoms with van der Waals surface area (Å²) < 4.78 is 0. The first-order valence-electron chi connectivity index (χ1n) is 5.68. The van der Waals surface area contributed by atoms with Crippen molar-refractivity contribution >= 4 is 11.8 Å². The summed E-state index contributed by atoms with van der Waals surface area (Å²) in [6.45, 7) is 2.62. The highest BCUT2D eigenvalue weighted by Crippen LogP contribution is 2.05. The van der Waals surface area contributed by atoms with Crippen LogP contribution in [0.1, 0.15) is 45.4 Å². The largest absolute Gasteiger partial charge is 0.359 e. The minimum Gasteiger partial charge on any atom is -0.359 e. The number of carbonyl (C=O) groups excluding carboxylic acids is 2. The normalized spacial score (nSPS) is 9.73. The third kappa shape index (κ3) is 9.25. The molecule has 0 bridgehead atoms. The number of hydrogen-bond donors (Lipinski definition) is 2. The van der Waals surface area contributed by atoms with Crippen LogP contribution in [0.5, 0.6) is 0 Å². The summed E-state index contributed by atoms with van der Waals surface area (Å²) in [4.78, 5) is 21.9. The van der Waals surface area contributed by atoms with Gasteiger partial charge in [0.1, 0.15) is 0 Å². The lowest BCUT2D eigenvalue weighted by atomic mass is 10.1. The lowest BCUT2D eigenvalue weighted by Gasteiger charge is -2.02. The third-order valence-corrected chi connectivity index (χ3v) is 2.21. The average Bonchev–Trinajstić information content (AvgIpc) is 2.23. The van der Waals surface area contributed by atoms with E-state index >= 15 is 0 Å². The van der Waals surface area contributed by atoms with Crippen molar-refractivity contribution in [2.75, 3.05) is 13.6 Å². The Labute approximate surface area is 91.8 Å². The van der Waals surface area contributed by atoms with Crippen LogP contribution in [0.15, 0.2) is 0 Å². The zero-order chi connectivity index (χ0) is 11.5. The van der Waals surface area contributed by atoms with Crippen LogP contribution in [0.2, 0.25) is 0 Å². The van der Waals surface area contributed by atoms with Gasteiger partial charge in [0.2, 0.25) is 11.8 Å². The second-order valence-electron chi connectivity index (χ2n) is 3.54. The molecule has 4 nitrogen and oxygen atoms in total. The zero-order valence-electron chi connectivity index (χ0n) is 9.77. The molecule has 2 N–H and O–H groups in total. The summed E-state index contributed by atoms with van der Waals surface area (Å²) in [6, 6.07) is 0. The van der Waals surface area contributed by atoms with Crippen LogP contribution in [0.25, 0.3) is 0 Å². The first-order chi connectivity index (χ1) is 7.20. The highest BCUT2D eigenvalue weighted by Gasteiger charge is 2.00. The van der Waals surface area contributed by atoms with Gasteiger partial charge in [0.15, 0.2) is 0 Å². The van der Waals surface area contributed by atoms with Gasteiger partial charge in [-0.15, -0.1) is 0 Å². The quantitative estimate of drug-likeness (QED) is 0.597. The molecule has 0 heterocycles. The monoisotopic (exact) mass is 214 g/mol. The molecule has 0 fully saturated rings. The summed E-state index contributed by atoms with van der Waals surface area (Å²) >= 11 is 0. The van der Waals surface area contributed by atoms with Gasteiger partial charge < -0.3 is 10.6 Å². The molecule has 15 heavy (non-hydrogen) atoms. The van der Waals surface area contributed by atoms with E-state index in [0.29, 0.717) is 19.4 Å². The Hall–Kier alpha value is -1.06. The van der Waals surface area contributed by atoms with E-state index in [1.807, 2.05) is 6.92 Å². The van der Waals surface area contributed by atoms with Crippen molar-refractivity contribution < 1.29 is 9.59 Å². The van der Waals surface area contributed by atoms with E-state index in [2.05, 4.69) is 10.6 Å². The van der Waals surface area contributed by atoms with Gasteiger partial charge in [-0.05, 0) is 19.8 Å². The Morgan fingerprint density at radius 3 is 1.93 bits per heavy atom. The summed E-state index contributed by atoms with van der Waals surface area (Å²) in [5.41, 5.74) is 0. The summed E-state index contributed by atoms with van der Waals surface area (Å²) in [5.74, 6) is 0.225. The van der Waals surface area contributed by atoms with Gasteiger partial charge >= 0.3 is 0 Å². The van der Waals surface area contributed by atoms with Gasteiger partial charge in [-0.2, -0.15) is 0 Å². The Balaban J connectivity index is 3.18. The van der Waals surface area contributed by atoms with E-state index in [9.17, 15) is 9.59 Å². The number of hydrogen-bond acceptors (Lipinski definition) is 2. The molecule has 0 aliphatic carbocycles. The number of carbonyl (C=O) groups is 2. The fourth-order valence-corrected chi connectivity index (χ4v) is 1.34. The number of rotatable bonds is 8. The topological polar surface area (TPSA) is 58.2 Å². The Morgan fingerprint density at radius 2 is 1.47 bits per heavy atom. The SMILES string of the molecule is CCNC(=O)CCCCCCC(=O)NC. The maximum atomic E-state index is 11.1. The molecule has 0 unspecified atom stereocenters. The van der Waals surface area contributed by atoms with Crippen molar-refractivity contribution in [1.29, 1.82) is 0 Å². The van der Waals surface area contributed by atoms with Gasteiger partial charge in [0, 0.05) is 26.4 Å². The highest BCUT2D eigenvalue weighted by molar-refractivity contribution is 5.75. The van der Waals surface area contributed by atoms with Crippen molar-refractivity contribution in [3.05, 3.63) is 0 Å². The Morgan fingerprint density at radius 1 is 0.933 bits per heavy atom. The van der Waals surface area contributed by atoms with E-state index in [0.717, 1.165) is 25.7 Å². The van der Waals surface area contributed by atoms with Gasteiger partial charge in [0.05, 0.1) is 0 Å². The van der Waals surface area contributed by atoms with Gasteiger partial charge in [-0.3, -0.25) is 9.59 Å². The van der Waals surface area contributed by atoms with Gasteiger partial charge in [-0.1, -0.05) is 12.8 Å². The predicted octanol–water partition coefficient (Wildman–Crippen LogP) is 1.21. The zero-order valence-corrected chi connectivity index (χ0v) is 9.77. The number of amides is 2. The molecular formula is C11H22N2O2. The standard InChI is InChI=1S/C11H22N2O2/c1-3-13-11(15)9-7-5-4-6-8-10(14)12-2/h3-9H2,1-2H3,(H,12,14)(H,13,15). The molecule has 2 amide bonds. The molecule has 4 heteroatoms. The fraction of sp³-hybridized carbons (Fsp3) is 0.818. The molecule has 0 aliphatic rings. The molecule has 0 saturated heterocycles. The molecule has 0 radical (unpaired) electrons. The van der Waals surface area contributed by atoms with Crippen LogP contribution in [0.4, 0.5) is 0 Å². The van der Waals surface area contributed by atoms with Crippen molar-refractivity contribution in [2.45, 2.75) is 45.4 Å². The predicted molar refractivity (Wildman–Crippen MR) is 60.5 cm³/mol. The molecule has 0 aromatic rings. The van der Waals surface area contributed by atoms with E-state index in [1.54, 1.807) is 7.05 Å². The maximum absolute atomic E-state index is 11.1. The highest BCUT2D eigenvalue weighted by atomic mass is 16.2. The first-order valence-corrected chi connectivity index (χ1v) is 5.68. The molecule has 88 valence electrons. The second kappa shape index (κ2) is 9.49. The molecule has 0 spiro atoms. The summed E-state index contributed by atoms with van der Waals surface area (Å²) in [5, 5.41) is 5.35. The Bertz CT molecular complexity index is 193. The van der Waals surface area contributed by atoms with Crippen molar-refractivity contribution in [2.24, 2.45) is 0 Å². The van der Waals surface area contributed by atoms with Crippen LogP contribution >= 0.6 is 0 Å². The molecule has 0 aliphatic heterocycles. The van der Waals surface area contributed by atoms with Crippen LogP contribution in [0.3, 0.4) is 0 Å². The molecule has 0 rings (SSSR count). The number of unbranched alkanes of at least 4 members (excludes halogenated alkanes) is 3. The molecule has 0 aromatic carbocycles. The van der Waals surface area contributed by atoms with Crippen molar-refractivity contribution in [3.8, 4) is 0 Å². The molecule has 0 saturated carbocycles. The Kier molecular flexibility index (Phi) is 8.82. The number of nitrogens with one attached hydrogen (secondary N) is 2. The molecule has 0 aromatic heterocycles. The fourth-order valence-electron chi connectivity index (χ4n) is 1.34. The minimum atomic E-state index is 0.0960. The van der Waals surface area contributed by atoms with Gasteiger partial charge in [-0.25, -0.2) is 0 Å². The smallest absolute Gasteiger partial charge is 0.219 e. The lowest BCUT2D eigenvalue weighted by Crippen LogP contribution is -2.22. The van der Waals surface area contributed by atoms with Crippen LogP contribution in [0, 0.1) is 0 Å². The average molecular weight is 214 g/mol. The van der Waals surface area contributed by atoms with E-state index in [4.69, 9.17) is 0 Å². The third-order valence-electron chi connectivity index (χ3n) is 2.21. The summed E-state index contributed by atoms with van der Waals surface area (Å²) in [7, 11) is 1.65. The maximum Gasteiger partial charge on any atom is 0.219 e. The van der Waals surface area contributed by atoms with Crippen molar-refractivity contribution in [1.82, 2.24) is 10.6 Å². The van der Waals surface area contributed by atoms with Crippen LogP contribution in [-0.4, -0.2) is 25.4 Å². The van der Waals surface area contributed by atoms with E-state index < -0.39 is 0 Å². The van der Waals surface area contributed by atoms with E-state index in [-0.39, 0.29) is 11.8 Å². The van der Waals surface area contributed by atoms with Crippen molar-refractivity contribution in [3.63, 3.8) is 0 Å². The van der Waals surface area contributed by atoms with Gasteiger partial charge in [0.25, 0.3) is 0 Å². The lowest BCUT2D eigenvalue weighted by molar-refractivity contribution is -0.121.